The molecule has 0 radical (unpaired) electrons. The fraction of sp³-hybridized carbons (Fsp3) is 0.250. The fourth-order valence-corrected chi connectivity index (χ4v) is 2.94. The van der Waals surface area contributed by atoms with Crippen molar-refractivity contribution in [1.29, 1.82) is 0 Å². The molecule has 0 fully saturated rings. The van der Waals surface area contributed by atoms with Crippen LogP contribution in [0.1, 0.15) is 16.7 Å². The quantitative estimate of drug-likeness (QED) is 0.405. The van der Waals surface area contributed by atoms with E-state index in [1.807, 2.05) is 18.2 Å². The topological polar surface area (TPSA) is 77.0 Å². The third-order valence-electron chi connectivity index (χ3n) is 4.77. The van der Waals surface area contributed by atoms with E-state index in [1.165, 1.54) is 6.07 Å². The van der Waals surface area contributed by atoms with Gasteiger partial charge >= 0.3 is 0 Å². The molecule has 8 heteroatoms. The zero-order valence-corrected chi connectivity index (χ0v) is 18.6. The molecule has 0 aliphatic rings. The average molecular weight is 439 g/mol. The van der Waals surface area contributed by atoms with Crippen molar-refractivity contribution in [2.45, 2.75) is 20.0 Å². The lowest BCUT2D eigenvalue weighted by Crippen LogP contribution is -2.36. The third-order valence-corrected chi connectivity index (χ3v) is 4.77. The number of nitrogens with zero attached hydrogens (tertiary/aromatic N) is 2. The number of para-hydroxylation sites is 1. The number of hydrogen-bond acceptors (Lipinski definition) is 5. The fourth-order valence-electron chi connectivity index (χ4n) is 2.94. The lowest BCUT2D eigenvalue weighted by molar-refractivity contribution is 0.342. The molecule has 168 valence electrons. The Labute approximate surface area is 187 Å². The molecule has 0 unspecified atom stereocenters. The first-order valence-electron chi connectivity index (χ1n) is 10.1. The van der Waals surface area contributed by atoms with Crippen LogP contribution < -0.4 is 24.8 Å². The predicted molar refractivity (Wildman–Crippen MR) is 122 cm³/mol. The Morgan fingerprint density at radius 2 is 1.62 bits per heavy atom. The minimum Gasteiger partial charge on any atom is -0.493 e. The molecule has 0 aliphatic carbocycles. The molecule has 0 aliphatic heterocycles. The van der Waals surface area contributed by atoms with E-state index in [0.717, 1.165) is 11.1 Å². The smallest absolute Gasteiger partial charge is 0.219 e. The lowest BCUT2D eigenvalue weighted by atomic mass is 10.1. The second kappa shape index (κ2) is 11.0. The number of halogens is 1. The van der Waals surface area contributed by atoms with Gasteiger partial charge in [0.25, 0.3) is 0 Å². The van der Waals surface area contributed by atoms with Gasteiger partial charge in [-0.15, -0.1) is 0 Å². The number of hydrogen-bond donors (Lipinski definition) is 2. The highest BCUT2D eigenvalue weighted by molar-refractivity contribution is 5.79. The molecule has 0 saturated heterocycles. The number of aromatic nitrogens is 1. The summed E-state index contributed by atoms with van der Waals surface area (Å²) >= 11 is 0. The summed E-state index contributed by atoms with van der Waals surface area (Å²) in [6.45, 7) is 2.71. The summed E-state index contributed by atoms with van der Waals surface area (Å²) in [5, 5.41) is 6.38. The van der Waals surface area contributed by atoms with Gasteiger partial charge in [-0.05, 0) is 41.8 Å². The van der Waals surface area contributed by atoms with Gasteiger partial charge < -0.3 is 24.8 Å². The van der Waals surface area contributed by atoms with E-state index in [4.69, 9.17) is 14.2 Å². The summed E-state index contributed by atoms with van der Waals surface area (Å²) in [6.07, 6.45) is 1.72. The van der Waals surface area contributed by atoms with Crippen molar-refractivity contribution in [3.05, 3.63) is 77.2 Å². The number of ether oxygens (including phenoxy) is 3. The molecule has 0 bridgehead atoms. The SMILES string of the molecule is CN=C(NCc1ccc(Oc2c(OC)cccc2OC)nc1)NCc1ccc(C)c(F)c1. The Bertz CT molecular complexity index is 1050. The summed E-state index contributed by atoms with van der Waals surface area (Å²) in [4.78, 5) is 8.56. The number of rotatable bonds is 8. The highest BCUT2D eigenvalue weighted by atomic mass is 19.1. The van der Waals surface area contributed by atoms with Gasteiger partial charge in [0.15, 0.2) is 17.5 Å². The third kappa shape index (κ3) is 5.87. The van der Waals surface area contributed by atoms with Crippen LogP contribution in [-0.4, -0.2) is 32.2 Å². The summed E-state index contributed by atoms with van der Waals surface area (Å²) in [5.41, 5.74) is 2.40. The monoisotopic (exact) mass is 438 g/mol. The summed E-state index contributed by atoms with van der Waals surface area (Å²) in [6, 6.07) is 14.3. The molecule has 2 N–H and O–H groups in total. The molecule has 0 amide bonds. The number of aliphatic imine (C=N–C) groups is 1. The lowest BCUT2D eigenvalue weighted by Gasteiger charge is -2.14. The van der Waals surface area contributed by atoms with Crippen molar-refractivity contribution >= 4 is 5.96 Å². The summed E-state index contributed by atoms with van der Waals surface area (Å²) < 4.78 is 30.3. The first kappa shape index (κ1) is 22.9. The molecule has 0 atom stereocenters. The van der Waals surface area contributed by atoms with Crippen molar-refractivity contribution in [3.63, 3.8) is 0 Å². The van der Waals surface area contributed by atoms with Crippen LogP contribution in [0, 0.1) is 12.7 Å². The Morgan fingerprint density at radius 1 is 0.969 bits per heavy atom. The first-order chi connectivity index (χ1) is 15.5. The van der Waals surface area contributed by atoms with Crippen LogP contribution in [0.3, 0.4) is 0 Å². The Hall–Kier alpha value is -3.81. The number of aryl methyl sites for hydroxylation is 1. The van der Waals surface area contributed by atoms with Crippen LogP contribution in [0.5, 0.6) is 23.1 Å². The van der Waals surface area contributed by atoms with Gasteiger partial charge in [-0.25, -0.2) is 9.37 Å². The van der Waals surface area contributed by atoms with Crippen molar-refractivity contribution in [3.8, 4) is 23.1 Å². The zero-order valence-electron chi connectivity index (χ0n) is 18.6. The van der Waals surface area contributed by atoms with E-state index in [9.17, 15) is 4.39 Å². The molecule has 1 heterocycles. The molecule has 0 saturated carbocycles. The van der Waals surface area contributed by atoms with Gasteiger partial charge in [0, 0.05) is 32.4 Å². The second-order valence-corrected chi connectivity index (χ2v) is 6.96. The van der Waals surface area contributed by atoms with Gasteiger partial charge in [-0.1, -0.05) is 24.3 Å². The Morgan fingerprint density at radius 3 is 2.19 bits per heavy atom. The normalized spacial score (nSPS) is 11.1. The predicted octanol–water partition coefficient (Wildman–Crippen LogP) is 4.20. The van der Waals surface area contributed by atoms with Gasteiger partial charge in [-0.3, -0.25) is 4.99 Å². The Balaban J connectivity index is 1.57. The van der Waals surface area contributed by atoms with Crippen molar-refractivity contribution in [2.24, 2.45) is 4.99 Å². The Kier molecular flexibility index (Phi) is 7.85. The summed E-state index contributed by atoms with van der Waals surface area (Å²) in [5.74, 6) is 2.38. The maximum atomic E-state index is 13.7. The van der Waals surface area contributed by atoms with Crippen molar-refractivity contribution in [1.82, 2.24) is 15.6 Å². The molecule has 0 spiro atoms. The van der Waals surface area contributed by atoms with Gasteiger partial charge in [0.1, 0.15) is 5.82 Å². The molecule has 3 aromatic rings. The van der Waals surface area contributed by atoms with E-state index in [2.05, 4.69) is 20.6 Å². The largest absolute Gasteiger partial charge is 0.493 e. The maximum absolute atomic E-state index is 13.7. The van der Waals surface area contributed by atoms with Gasteiger partial charge in [0.2, 0.25) is 11.6 Å². The number of nitrogens with one attached hydrogen (secondary N) is 2. The van der Waals surface area contributed by atoms with Crippen LogP contribution in [0.4, 0.5) is 4.39 Å². The van der Waals surface area contributed by atoms with E-state index >= 15 is 0 Å². The second-order valence-electron chi connectivity index (χ2n) is 6.96. The molecule has 7 nitrogen and oxygen atoms in total. The maximum Gasteiger partial charge on any atom is 0.219 e. The van der Waals surface area contributed by atoms with Gasteiger partial charge in [-0.2, -0.15) is 0 Å². The van der Waals surface area contributed by atoms with Crippen molar-refractivity contribution < 1.29 is 18.6 Å². The molecule has 3 rings (SSSR count). The van der Waals surface area contributed by atoms with E-state index < -0.39 is 0 Å². The summed E-state index contributed by atoms with van der Waals surface area (Å²) in [7, 11) is 4.82. The first-order valence-corrected chi connectivity index (χ1v) is 10.1. The minimum atomic E-state index is -0.216. The van der Waals surface area contributed by atoms with Crippen LogP contribution in [0.15, 0.2) is 59.7 Å². The minimum absolute atomic E-state index is 0.216. The number of methoxy groups -OCH3 is 2. The molecular formula is C24H27FN4O3. The van der Waals surface area contributed by atoms with Crippen molar-refractivity contribution in [2.75, 3.05) is 21.3 Å². The number of pyridine rings is 1. The van der Waals surface area contributed by atoms with E-state index in [0.29, 0.717) is 47.7 Å². The molecule has 32 heavy (non-hydrogen) atoms. The highest BCUT2D eigenvalue weighted by Gasteiger charge is 2.13. The standard InChI is InChI=1S/C24H27FN4O3/c1-16-8-9-17(12-19(16)25)13-28-24(26-2)29-15-18-10-11-22(27-14-18)32-23-20(30-3)6-5-7-21(23)31-4/h5-12,14H,13,15H2,1-4H3,(H2,26,28,29). The highest BCUT2D eigenvalue weighted by Crippen LogP contribution is 2.39. The van der Waals surface area contributed by atoms with E-state index in [-0.39, 0.29) is 5.82 Å². The van der Waals surface area contributed by atoms with Crippen LogP contribution in [0.2, 0.25) is 0 Å². The molecule has 2 aromatic carbocycles. The van der Waals surface area contributed by atoms with Crippen LogP contribution in [-0.2, 0) is 13.1 Å². The molecule has 1 aromatic heterocycles. The number of benzene rings is 2. The zero-order chi connectivity index (χ0) is 22.9. The number of guanidine groups is 1. The van der Waals surface area contributed by atoms with Crippen LogP contribution in [0.25, 0.3) is 0 Å². The van der Waals surface area contributed by atoms with Gasteiger partial charge in [0.05, 0.1) is 14.2 Å². The molecular weight excluding hydrogens is 411 g/mol. The van der Waals surface area contributed by atoms with E-state index in [1.54, 1.807) is 58.7 Å². The van der Waals surface area contributed by atoms with Crippen LogP contribution >= 0.6 is 0 Å². The average Bonchev–Trinajstić information content (AvgIpc) is 2.82.